The van der Waals surface area contributed by atoms with E-state index in [-0.39, 0.29) is 11.9 Å². The van der Waals surface area contributed by atoms with Gasteiger partial charge in [-0.05, 0) is 6.42 Å². The SMILES string of the molecule is C=C(Br)CNC(=O)N1CCN(CC(=O)NCCC)CC1. The van der Waals surface area contributed by atoms with Gasteiger partial charge < -0.3 is 15.5 Å². The largest absolute Gasteiger partial charge is 0.355 e. The fourth-order valence-electron chi connectivity index (χ4n) is 1.92. The molecule has 7 heteroatoms. The molecular weight excluding hydrogens is 324 g/mol. The zero-order valence-corrected chi connectivity index (χ0v) is 13.5. The average Bonchev–Trinajstić information content (AvgIpc) is 2.43. The molecule has 6 nitrogen and oxygen atoms in total. The van der Waals surface area contributed by atoms with E-state index in [0.717, 1.165) is 30.5 Å². The van der Waals surface area contributed by atoms with Gasteiger partial charge in [0.1, 0.15) is 0 Å². The second-order valence-electron chi connectivity index (χ2n) is 4.79. The molecule has 0 atom stereocenters. The highest BCUT2D eigenvalue weighted by atomic mass is 79.9. The van der Waals surface area contributed by atoms with Gasteiger partial charge in [-0.1, -0.05) is 29.4 Å². The van der Waals surface area contributed by atoms with Crippen molar-refractivity contribution < 1.29 is 9.59 Å². The van der Waals surface area contributed by atoms with E-state index in [1.54, 1.807) is 4.90 Å². The number of hydrogen-bond acceptors (Lipinski definition) is 3. The minimum absolute atomic E-state index is 0.0559. The molecule has 20 heavy (non-hydrogen) atoms. The molecule has 0 aromatic heterocycles. The molecule has 0 unspecified atom stereocenters. The number of nitrogens with one attached hydrogen (secondary N) is 2. The van der Waals surface area contributed by atoms with Crippen LogP contribution in [0.4, 0.5) is 4.79 Å². The molecule has 1 aliphatic heterocycles. The lowest BCUT2D eigenvalue weighted by Crippen LogP contribution is -2.53. The van der Waals surface area contributed by atoms with Crippen LogP contribution in [0.15, 0.2) is 11.1 Å². The van der Waals surface area contributed by atoms with Crippen molar-refractivity contribution in [1.82, 2.24) is 20.4 Å². The third-order valence-corrected chi connectivity index (χ3v) is 3.31. The lowest BCUT2D eigenvalue weighted by Gasteiger charge is -2.34. The van der Waals surface area contributed by atoms with Crippen LogP contribution in [0.25, 0.3) is 0 Å². The number of nitrogens with zero attached hydrogens (tertiary/aromatic N) is 2. The van der Waals surface area contributed by atoms with Gasteiger partial charge in [0.05, 0.1) is 13.1 Å². The molecule has 114 valence electrons. The highest BCUT2D eigenvalue weighted by Crippen LogP contribution is 2.03. The van der Waals surface area contributed by atoms with Gasteiger partial charge in [-0.3, -0.25) is 9.69 Å². The standard InChI is InChI=1S/C13H23BrN4O2/c1-3-4-15-12(19)10-17-5-7-18(8-6-17)13(20)16-9-11(2)14/h2-10H2,1H3,(H,15,19)(H,16,20). The molecule has 1 fully saturated rings. The van der Waals surface area contributed by atoms with Gasteiger partial charge in [0.25, 0.3) is 0 Å². The van der Waals surface area contributed by atoms with Crippen LogP contribution in [0, 0.1) is 0 Å². The highest BCUT2D eigenvalue weighted by Gasteiger charge is 2.21. The van der Waals surface area contributed by atoms with E-state index in [1.165, 1.54) is 0 Å². The van der Waals surface area contributed by atoms with Crippen LogP contribution < -0.4 is 10.6 Å². The molecule has 0 spiro atoms. The molecule has 0 aromatic rings. The maximum Gasteiger partial charge on any atom is 0.317 e. The summed E-state index contributed by atoms with van der Waals surface area (Å²) in [7, 11) is 0. The second kappa shape index (κ2) is 8.97. The summed E-state index contributed by atoms with van der Waals surface area (Å²) in [5.74, 6) is 0.0559. The lowest BCUT2D eigenvalue weighted by molar-refractivity contribution is -0.122. The van der Waals surface area contributed by atoms with E-state index in [9.17, 15) is 9.59 Å². The molecule has 0 radical (unpaired) electrons. The molecule has 1 heterocycles. The number of carbonyl (C=O) groups excluding carboxylic acids is 2. The van der Waals surface area contributed by atoms with E-state index < -0.39 is 0 Å². The molecule has 0 aliphatic carbocycles. The Bertz CT molecular complexity index is 354. The van der Waals surface area contributed by atoms with Crippen molar-refractivity contribution in [2.45, 2.75) is 13.3 Å². The van der Waals surface area contributed by atoms with Crippen LogP contribution in [0.1, 0.15) is 13.3 Å². The number of halogens is 1. The van der Waals surface area contributed by atoms with Gasteiger partial charge in [0, 0.05) is 37.2 Å². The summed E-state index contributed by atoms with van der Waals surface area (Å²) in [4.78, 5) is 27.3. The number of hydrogen-bond donors (Lipinski definition) is 2. The van der Waals surface area contributed by atoms with Gasteiger partial charge in [-0.2, -0.15) is 0 Å². The minimum atomic E-state index is -0.0827. The summed E-state index contributed by atoms with van der Waals surface area (Å²) in [5, 5.41) is 5.64. The Morgan fingerprint density at radius 2 is 1.85 bits per heavy atom. The van der Waals surface area contributed by atoms with Crippen LogP contribution in [0.5, 0.6) is 0 Å². The Kier molecular flexibility index (Phi) is 7.61. The van der Waals surface area contributed by atoms with Gasteiger partial charge >= 0.3 is 6.03 Å². The van der Waals surface area contributed by atoms with E-state index in [0.29, 0.717) is 26.2 Å². The summed E-state index contributed by atoms with van der Waals surface area (Å²) < 4.78 is 0.747. The van der Waals surface area contributed by atoms with Crippen molar-refractivity contribution in [3.05, 3.63) is 11.1 Å². The first kappa shape index (κ1) is 17.0. The first-order valence-electron chi connectivity index (χ1n) is 6.88. The molecule has 0 aromatic carbocycles. The third kappa shape index (κ3) is 6.38. The maximum atomic E-state index is 11.8. The van der Waals surface area contributed by atoms with Crippen LogP contribution in [0.2, 0.25) is 0 Å². The molecule has 1 aliphatic rings. The molecule has 2 N–H and O–H groups in total. The van der Waals surface area contributed by atoms with Crippen molar-refractivity contribution in [2.24, 2.45) is 0 Å². The smallest absolute Gasteiger partial charge is 0.317 e. The topological polar surface area (TPSA) is 64.7 Å². The fraction of sp³-hybridized carbons (Fsp3) is 0.692. The van der Waals surface area contributed by atoms with Crippen molar-refractivity contribution in [3.8, 4) is 0 Å². The van der Waals surface area contributed by atoms with Crippen LogP contribution in [-0.2, 0) is 4.79 Å². The minimum Gasteiger partial charge on any atom is -0.355 e. The summed E-state index contributed by atoms with van der Waals surface area (Å²) >= 11 is 3.20. The van der Waals surface area contributed by atoms with E-state index >= 15 is 0 Å². The summed E-state index contributed by atoms with van der Waals surface area (Å²) in [5.41, 5.74) is 0. The predicted octanol–water partition coefficient (Wildman–Crippen LogP) is 0.748. The number of amides is 3. The van der Waals surface area contributed by atoms with Gasteiger partial charge in [-0.25, -0.2) is 4.79 Å². The monoisotopic (exact) mass is 346 g/mol. The average molecular weight is 347 g/mol. The summed E-state index contributed by atoms with van der Waals surface area (Å²) in [6.45, 7) is 9.99. The number of urea groups is 1. The quantitative estimate of drug-likeness (QED) is 0.745. The van der Waals surface area contributed by atoms with E-state index in [4.69, 9.17) is 0 Å². The molecule has 0 bridgehead atoms. The molecule has 1 saturated heterocycles. The lowest BCUT2D eigenvalue weighted by atomic mass is 10.3. The third-order valence-electron chi connectivity index (χ3n) is 3.03. The molecule has 0 saturated carbocycles. The summed E-state index contributed by atoms with van der Waals surface area (Å²) in [6.07, 6.45) is 0.943. The van der Waals surface area contributed by atoms with Crippen LogP contribution >= 0.6 is 15.9 Å². The maximum absolute atomic E-state index is 11.8. The Morgan fingerprint density at radius 3 is 2.40 bits per heavy atom. The van der Waals surface area contributed by atoms with Crippen LogP contribution in [-0.4, -0.2) is 67.6 Å². The summed E-state index contributed by atoms with van der Waals surface area (Å²) in [6, 6.07) is -0.0827. The first-order valence-corrected chi connectivity index (χ1v) is 7.67. The Balaban J connectivity index is 2.24. The van der Waals surface area contributed by atoms with Gasteiger partial charge in [-0.15, -0.1) is 0 Å². The molecule has 3 amide bonds. The fourth-order valence-corrected chi connectivity index (χ4v) is 2.06. The van der Waals surface area contributed by atoms with Crippen LogP contribution in [0.3, 0.4) is 0 Å². The zero-order chi connectivity index (χ0) is 15.0. The Morgan fingerprint density at radius 1 is 1.20 bits per heavy atom. The Hall–Kier alpha value is -1.08. The molecule has 1 rings (SSSR count). The molecular formula is C13H23BrN4O2. The first-order chi connectivity index (χ1) is 9.52. The van der Waals surface area contributed by atoms with Crippen molar-refractivity contribution in [2.75, 3.05) is 45.8 Å². The second-order valence-corrected chi connectivity index (χ2v) is 5.91. The van der Waals surface area contributed by atoms with Crippen molar-refractivity contribution in [1.29, 1.82) is 0 Å². The number of piperazine rings is 1. The Labute approximate surface area is 128 Å². The van der Waals surface area contributed by atoms with Gasteiger partial charge in [0.2, 0.25) is 5.91 Å². The predicted molar refractivity (Wildman–Crippen MR) is 82.8 cm³/mol. The highest BCUT2D eigenvalue weighted by molar-refractivity contribution is 9.11. The van der Waals surface area contributed by atoms with E-state index in [2.05, 4.69) is 38.0 Å². The van der Waals surface area contributed by atoms with Crippen molar-refractivity contribution in [3.63, 3.8) is 0 Å². The number of rotatable bonds is 6. The number of carbonyl (C=O) groups is 2. The van der Waals surface area contributed by atoms with Gasteiger partial charge in [0.15, 0.2) is 0 Å². The van der Waals surface area contributed by atoms with E-state index in [1.807, 2.05) is 6.92 Å². The normalized spacial score (nSPS) is 15.8. The zero-order valence-electron chi connectivity index (χ0n) is 12.0. The van der Waals surface area contributed by atoms with Crippen molar-refractivity contribution >= 4 is 27.9 Å².